The molecular formula is C17H15LiO3S. The number of fused-ring (bicyclic) bond motifs is 3. The van der Waals surface area contributed by atoms with Crippen LogP contribution in [0.2, 0.25) is 0 Å². The summed E-state index contributed by atoms with van der Waals surface area (Å²) in [7, 11) is -3.79. The summed E-state index contributed by atoms with van der Waals surface area (Å²) < 4.78 is 29.5. The van der Waals surface area contributed by atoms with Gasteiger partial charge in [-0.25, -0.2) is 0 Å². The van der Waals surface area contributed by atoms with Crippen LogP contribution in [0, 0.1) is 0 Å². The fraction of sp³-hybridized carbons (Fsp3) is 0.0588. The van der Waals surface area contributed by atoms with E-state index >= 15 is 0 Å². The summed E-state index contributed by atoms with van der Waals surface area (Å²) in [6.07, 6.45) is 1.41. The van der Waals surface area contributed by atoms with E-state index in [1.807, 2.05) is 42.5 Å². The SMILES string of the molecule is C=CCOS(=O)(=O)c1cccc2c1ccc1ccccc12.[LiH]. The van der Waals surface area contributed by atoms with Gasteiger partial charge in [0.15, 0.2) is 0 Å². The molecule has 0 spiro atoms. The van der Waals surface area contributed by atoms with Gasteiger partial charge in [0.05, 0.1) is 6.61 Å². The number of hydrogen-bond acceptors (Lipinski definition) is 3. The van der Waals surface area contributed by atoms with Gasteiger partial charge in [-0.15, -0.1) is 6.58 Å². The average molecular weight is 306 g/mol. The van der Waals surface area contributed by atoms with Gasteiger partial charge >= 0.3 is 18.9 Å². The Kier molecular flexibility index (Phi) is 5.10. The van der Waals surface area contributed by atoms with Crippen LogP contribution in [-0.2, 0) is 14.3 Å². The van der Waals surface area contributed by atoms with E-state index in [0.29, 0.717) is 5.39 Å². The van der Waals surface area contributed by atoms with Gasteiger partial charge in [-0.3, -0.25) is 4.18 Å². The van der Waals surface area contributed by atoms with Gasteiger partial charge in [0.1, 0.15) is 4.90 Å². The van der Waals surface area contributed by atoms with Crippen molar-refractivity contribution < 1.29 is 12.6 Å². The van der Waals surface area contributed by atoms with Gasteiger partial charge in [0.2, 0.25) is 0 Å². The molecule has 0 N–H and O–H groups in total. The molecule has 0 atom stereocenters. The molecule has 108 valence electrons. The summed E-state index contributed by atoms with van der Waals surface area (Å²) in [6, 6.07) is 16.9. The van der Waals surface area contributed by atoms with Crippen molar-refractivity contribution in [3.8, 4) is 0 Å². The van der Waals surface area contributed by atoms with Crippen molar-refractivity contribution in [2.75, 3.05) is 6.61 Å². The van der Waals surface area contributed by atoms with Crippen LogP contribution < -0.4 is 0 Å². The number of rotatable bonds is 4. The van der Waals surface area contributed by atoms with Crippen LogP contribution >= 0.6 is 0 Å². The zero-order valence-electron chi connectivity index (χ0n) is 11.3. The molecule has 0 saturated heterocycles. The molecule has 22 heavy (non-hydrogen) atoms. The van der Waals surface area contributed by atoms with Crippen LogP contribution in [0.15, 0.2) is 72.1 Å². The molecule has 0 aromatic heterocycles. The van der Waals surface area contributed by atoms with E-state index < -0.39 is 10.1 Å². The minimum atomic E-state index is -3.79. The van der Waals surface area contributed by atoms with Crippen molar-refractivity contribution in [3.05, 3.63) is 67.3 Å². The maximum absolute atomic E-state index is 12.3. The Morgan fingerprint density at radius 3 is 2.41 bits per heavy atom. The molecule has 0 aliphatic heterocycles. The molecule has 0 heterocycles. The van der Waals surface area contributed by atoms with E-state index in [9.17, 15) is 8.42 Å². The molecule has 0 aliphatic rings. The molecule has 0 amide bonds. The van der Waals surface area contributed by atoms with Crippen LogP contribution in [-0.4, -0.2) is 33.9 Å². The first-order valence-electron chi connectivity index (χ1n) is 6.54. The van der Waals surface area contributed by atoms with Crippen LogP contribution in [0.1, 0.15) is 0 Å². The first-order valence-corrected chi connectivity index (χ1v) is 7.95. The molecule has 0 aliphatic carbocycles. The molecule has 3 nitrogen and oxygen atoms in total. The molecule has 3 rings (SSSR count). The zero-order valence-corrected chi connectivity index (χ0v) is 12.1. The molecule has 0 bridgehead atoms. The van der Waals surface area contributed by atoms with Gasteiger partial charge in [-0.1, -0.05) is 54.6 Å². The fourth-order valence-corrected chi connectivity index (χ4v) is 3.53. The Bertz CT molecular complexity index is 933. The standard InChI is InChI=1S/C17H14O3S.Li.H/c1-2-12-20-21(18,19)17-9-5-8-15-14-7-4-3-6-13(14)10-11-16(15)17;;/h2-11H,1,12H2;;. The Balaban J connectivity index is 0.00000176. The normalized spacial score (nSPS) is 11.3. The van der Waals surface area contributed by atoms with Crippen molar-refractivity contribution in [3.63, 3.8) is 0 Å². The van der Waals surface area contributed by atoms with Crippen molar-refractivity contribution in [2.24, 2.45) is 0 Å². The molecule has 3 aromatic rings. The zero-order chi connectivity index (χ0) is 14.9. The van der Waals surface area contributed by atoms with Gasteiger partial charge < -0.3 is 0 Å². The molecule has 0 unspecified atom stereocenters. The van der Waals surface area contributed by atoms with Gasteiger partial charge in [0, 0.05) is 5.39 Å². The van der Waals surface area contributed by atoms with E-state index in [2.05, 4.69) is 6.58 Å². The summed E-state index contributed by atoms with van der Waals surface area (Å²) in [5.41, 5.74) is 0. The molecule has 0 saturated carbocycles. The summed E-state index contributed by atoms with van der Waals surface area (Å²) >= 11 is 0. The van der Waals surface area contributed by atoms with Crippen molar-refractivity contribution in [1.82, 2.24) is 0 Å². The molecule has 0 fully saturated rings. The fourth-order valence-electron chi connectivity index (χ4n) is 2.43. The van der Waals surface area contributed by atoms with Gasteiger partial charge in [-0.2, -0.15) is 8.42 Å². The van der Waals surface area contributed by atoms with Crippen molar-refractivity contribution in [1.29, 1.82) is 0 Å². The summed E-state index contributed by atoms with van der Waals surface area (Å²) in [4.78, 5) is 0.188. The van der Waals surface area contributed by atoms with Crippen LogP contribution in [0.5, 0.6) is 0 Å². The molecular weight excluding hydrogens is 291 g/mol. The monoisotopic (exact) mass is 306 g/mol. The third kappa shape index (κ3) is 2.97. The molecule has 5 heteroatoms. The Hall–Kier alpha value is -1.57. The maximum atomic E-state index is 12.3. The van der Waals surface area contributed by atoms with Crippen LogP contribution in [0.3, 0.4) is 0 Å². The quantitative estimate of drug-likeness (QED) is 0.322. The third-order valence-electron chi connectivity index (χ3n) is 3.36. The van der Waals surface area contributed by atoms with E-state index in [4.69, 9.17) is 4.18 Å². The van der Waals surface area contributed by atoms with Crippen LogP contribution in [0.25, 0.3) is 21.5 Å². The Labute approximate surface area is 141 Å². The second-order valence-electron chi connectivity index (χ2n) is 4.67. The third-order valence-corrected chi connectivity index (χ3v) is 4.70. The van der Waals surface area contributed by atoms with Crippen LogP contribution in [0.4, 0.5) is 0 Å². The summed E-state index contributed by atoms with van der Waals surface area (Å²) in [5, 5.41) is 3.67. The minimum absolute atomic E-state index is 0. The van der Waals surface area contributed by atoms with E-state index in [1.54, 1.807) is 12.1 Å². The summed E-state index contributed by atoms with van der Waals surface area (Å²) in [6.45, 7) is 3.44. The van der Waals surface area contributed by atoms with Crippen molar-refractivity contribution in [2.45, 2.75) is 4.90 Å². The van der Waals surface area contributed by atoms with Gasteiger partial charge in [0.25, 0.3) is 10.1 Å². The van der Waals surface area contributed by atoms with E-state index in [-0.39, 0.29) is 30.4 Å². The second-order valence-corrected chi connectivity index (χ2v) is 6.25. The number of hydrogen-bond donors (Lipinski definition) is 0. The van der Waals surface area contributed by atoms with Crippen molar-refractivity contribution >= 4 is 50.5 Å². The van der Waals surface area contributed by atoms with Gasteiger partial charge in [-0.05, 0) is 22.2 Å². The molecule has 3 aromatic carbocycles. The first kappa shape index (κ1) is 16.8. The first-order chi connectivity index (χ1) is 10.1. The topological polar surface area (TPSA) is 43.4 Å². The van der Waals surface area contributed by atoms with E-state index in [1.165, 1.54) is 6.08 Å². The number of benzene rings is 3. The second kappa shape index (κ2) is 6.68. The summed E-state index contributed by atoms with van der Waals surface area (Å²) in [5.74, 6) is 0. The Morgan fingerprint density at radius 2 is 1.64 bits per heavy atom. The Morgan fingerprint density at radius 1 is 0.909 bits per heavy atom. The predicted octanol–water partition coefficient (Wildman–Crippen LogP) is 3.24. The predicted molar refractivity (Wildman–Crippen MR) is 91.9 cm³/mol. The average Bonchev–Trinajstić information content (AvgIpc) is 2.52. The van der Waals surface area contributed by atoms with E-state index in [0.717, 1.165) is 16.2 Å². The molecule has 0 radical (unpaired) electrons.